The molecule has 0 unspecified atom stereocenters. The van der Waals surface area contributed by atoms with E-state index in [9.17, 15) is 4.79 Å². The molecule has 3 N–H and O–H groups in total. The van der Waals surface area contributed by atoms with E-state index >= 15 is 0 Å². The number of carbonyl (C=O) groups excluding carboxylic acids is 1. The van der Waals surface area contributed by atoms with Crippen molar-refractivity contribution in [3.05, 3.63) is 71.9 Å². The Bertz CT molecular complexity index is 1310. The number of nitrogens with zero attached hydrogens (tertiary/aromatic N) is 4. The van der Waals surface area contributed by atoms with Crippen molar-refractivity contribution in [1.29, 1.82) is 0 Å². The topological polar surface area (TPSA) is 107 Å². The van der Waals surface area contributed by atoms with Crippen LogP contribution in [0.15, 0.2) is 55.0 Å². The number of nitrogens with one attached hydrogen (secondary N) is 1. The minimum atomic E-state index is -0.202. The van der Waals surface area contributed by atoms with Gasteiger partial charge in [0, 0.05) is 48.8 Å². The molecule has 1 aliphatic rings. The lowest BCUT2D eigenvalue weighted by molar-refractivity contribution is 0.0835. The smallest absolute Gasteiger partial charge is 0.256 e. The van der Waals surface area contributed by atoms with Gasteiger partial charge in [-0.15, -0.1) is 0 Å². The van der Waals surface area contributed by atoms with E-state index in [0.717, 1.165) is 67.1 Å². The molecule has 34 heavy (non-hydrogen) atoms. The highest BCUT2D eigenvalue weighted by molar-refractivity contribution is 6.04. The van der Waals surface area contributed by atoms with E-state index in [4.69, 9.17) is 15.5 Å². The number of carbonyl (C=O) groups is 1. The molecule has 1 aliphatic heterocycles. The van der Waals surface area contributed by atoms with Crippen LogP contribution in [-0.4, -0.2) is 38.5 Å². The van der Waals surface area contributed by atoms with Crippen LogP contribution in [0.2, 0.25) is 0 Å². The Morgan fingerprint density at radius 1 is 1.15 bits per heavy atom. The van der Waals surface area contributed by atoms with Crippen LogP contribution in [0.25, 0.3) is 16.8 Å². The highest BCUT2D eigenvalue weighted by Crippen LogP contribution is 2.34. The number of amides is 1. The van der Waals surface area contributed by atoms with E-state index in [1.165, 1.54) is 0 Å². The Morgan fingerprint density at radius 2 is 1.94 bits per heavy atom. The molecule has 0 atom stereocenters. The van der Waals surface area contributed by atoms with E-state index in [1.54, 1.807) is 24.5 Å². The van der Waals surface area contributed by atoms with Gasteiger partial charge >= 0.3 is 0 Å². The fourth-order valence-electron chi connectivity index (χ4n) is 4.49. The van der Waals surface area contributed by atoms with E-state index in [1.807, 2.05) is 34.9 Å². The first-order valence-electron chi connectivity index (χ1n) is 11.7. The van der Waals surface area contributed by atoms with Crippen molar-refractivity contribution in [3.8, 4) is 11.3 Å². The van der Waals surface area contributed by atoms with Crippen LogP contribution < -0.4 is 11.1 Å². The lowest BCUT2D eigenvalue weighted by atomic mass is 9.99. The Morgan fingerprint density at radius 3 is 2.71 bits per heavy atom. The third-order valence-electron chi connectivity index (χ3n) is 6.22. The fourth-order valence-corrected chi connectivity index (χ4v) is 4.49. The van der Waals surface area contributed by atoms with Gasteiger partial charge in [0.1, 0.15) is 28.7 Å². The predicted octanol–water partition coefficient (Wildman–Crippen LogP) is 4.47. The summed E-state index contributed by atoms with van der Waals surface area (Å²) in [6, 6.07) is 11.3. The summed E-state index contributed by atoms with van der Waals surface area (Å²) < 4.78 is 7.57. The molecule has 4 aromatic rings. The fraction of sp³-hybridized carbons (Fsp3) is 0.308. The number of aryl methyl sites for hydroxylation is 1. The van der Waals surface area contributed by atoms with Crippen LogP contribution in [0.1, 0.15) is 53.8 Å². The van der Waals surface area contributed by atoms with Crippen LogP contribution in [0.5, 0.6) is 0 Å². The van der Waals surface area contributed by atoms with Crippen molar-refractivity contribution in [1.82, 2.24) is 19.4 Å². The van der Waals surface area contributed by atoms with Crippen LogP contribution in [0, 0.1) is 0 Å². The lowest BCUT2D eigenvalue weighted by Gasteiger charge is -2.20. The van der Waals surface area contributed by atoms with Gasteiger partial charge in [-0.1, -0.05) is 25.5 Å². The summed E-state index contributed by atoms with van der Waals surface area (Å²) in [5.74, 6) is 2.06. The van der Waals surface area contributed by atoms with Crippen LogP contribution in [0.4, 0.5) is 11.6 Å². The molecule has 1 fully saturated rings. The van der Waals surface area contributed by atoms with Gasteiger partial charge in [-0.05, 0) is 49.1 Å². The number of rotatable bonds is 6. The molecule has 0 radical (unpaired) electrons. The molecular weight excluding hydrogens is 428 g/mol. The number of benzene rings is 1. The number of nitrogens with two attached hydrogens (primary N) is 1. The number of anilines is 2. The minimum absolute atomic E-state index is 0.202. The molecule has 1 amide bonds. The molecule has 3 aromatic heterocycles. The lowest BCUT2D eigenvalue weighted by Crippen LogP contribution is -2.16. The van der Waals surface area contributed by atoms with Crippen molar-refractivity contribution in [2.45, 2.75) is 38.5 Å². The Balaban J connectivity index is 1.42. The number of fused-ring (bicyclic) bond motifs is 1. The quantitative estimate of drug-likeness (QED) is 0.443. The van der Waals surface area contributed by atoms with Crippen molar-refractivity contribution >= 4 is 23.1 Å². The summed E-state index contributed by atoms with van der Waals surface area (Å²) in [7, 11) is 0. The predicted molar refractivity (Wildman–Crippen MR) is 132 cm³/mol. The molecule has 0 saturated carbocycles. The Kier molecular flexibility index (Phi) is 6.22. The van der Waals surface area contributed by atoms with Gasteiger partial charge in [0.25, 0.3) is 5.91 Å². The number of imidazole rings is 1. The molecule has 0 spiro atoms. The zero-order chi connectivity index (χ0) is 23.5. The summed E-state index contributed by atoms with van der Waals surface area (Å²) in [4.78, 5) is 26.3. The maximum atomic E-state index is 12.8. The first-order chi connectivity index (χ1) is 16.6. The van der Waals surface area contributed by atoms with Gasteiger partial charge in [0.15, 0.2) is 0 Å². The summed E-state index contributed by atoms with van der Waals surface area (Å²) in [5, 5.41) is 2.89. The van der Waals surface area contributed by atoms with E-state index in [-0.39, 0.29) is 5.91 Å². The maximum absolute atomic E-state index is 12.8. The monoisotopic (exact) mass is 456 g/mol. The molecule has 4 heterocycles. The van der Waals surface area contributed by atoms with Gasteiger partial charge in [0.2, 0.25) is 0 Å². The number of pyridine rings is 1. The molecular formula is C26H28N6O2. The largest absolute Gasteiger partial charge is 0.382 e. The van der Waals surface area contributed by atoms with Crippen molar-refractivity contribution in [2.75, 3.05) is 24.3 Å². The minimum Gasteiger partial charge on any atom is -0.382 e. The third kappa shape index (κ3) is 4.36. The zero-order valence-corrected chi connectivity index (χ0v) is 19.2. The third-order valence-corrected chi connectivity index (χ3v) is 6.22. The average Bonchev–Trinajstić information content (AvgIpc) is 3.26. The number of hydrogen-bond donors (Lipinski definition) is 2. The second-order valence-electron chi connectivity index (χ2n) is 8.57. The molecule has 174 valence electrons. The first-order valence-corrected chi connectivity index (χ1v) is 11.7. The average molecular weight is 457 g/mol. The number of ether oxygens (including phenoxy) is 1. The van der Waals surface area contributed by atoms with Gasteiger partial charge in [-0.2, -0.15) is 0 Å². The van der Waals surface area contributed by atoms with Gasteiger partial charge in [0.05, 0.1) is 0 Å². The van der Waals surface area contributed by atoms with E-state index in [0.29, 0.717) is 23.1 Å². The molecule has 1 saturated heterocycles. The maximum Gasteiger partial charge on any atom is 0.256 e. The van der Waals surface area contributed by atoms with E-state index in [2.05, 4.69) is 22.2 Å². The standard InChI is InChI=1S/C26H28N6O2/c1-2-3-17-8-11-28-21(16-17)30-26(33)20-6-4-18(5-7-20)22-23-24(27)29-12-13-32(23)25(31-22)19-9-14-34-15-10-19/h4-8,11-13,16,19H,2-3,9-10,14-15H2,1H3,(H2,27,29)(H,28,30,33). The SMILES string of the molecule is CCCc1ccnc(NC(=O)c2ccc(-c3nc(C4CCOCC4)n4ccnc(N)c34)cc2)c1. The highest BCUT2D eigenvalue weighted by Gasteiger charge is 2.24. The van der Waals surface area contributed by atoms with Crippen LogP contribution in [-0.2, 0) is 11.2 Å². The van der Waals surface area contributed by atoms with Crippen LogP contribution in [0.3, 0.4) is 0 Å². The van der Waals surface area contributed by atoms with Crippen molar-refractivity contribution in [2.24, 2.45) is 0 Å². The Hall–Kier alpha value is -3.78. The summed E-state index contributed by atoms with van der Waals surface area (Å²) in [6.07, 6.45) is 9.18. The first kappa shape index (κ1) is 22.0. The summed E-state index contributed by atoms with van der Waals surface area (Å²) in [5.41, 5.74) is 10.4. The molecule has 0 aliphatic carbocycles. The molecule has 0 bridgehead atoms. The molecule has 1 aromatic carbocycles. The normalized spacial score (nSPS) is 14.4. The summed E-state index contributed by atoms with van der Waals surface area (Å²) in [6.45, 7) is 3.59. The van der Waals surface area contributed by atoms with Crippen LogP contribution >= 0.6 is 0 Å². The second-order valence-corrected chi connectivity index (χ2v) is 8.57. The highest BCUT2D eigenvalue weighted by atomic mass is 16.5. The van der Waals surface area contributed by atoms with Gasteiger partial charge in [-0.25, -0.2) is 15.0 Å². The molecule has 8 heteroatoms. The molecule has 5 rings (SSSR count). The van der Waals surface area contributed by atoms with Crippen molar-refractivity contribution < 1.29 is 9.53 Å². The van der Waals surface area contributed by atoms with Crippen molar-refractivity contribution in [3.63, 3.8) is 0 Å². The number of aromatic nitrogens is 4. The molecule has 8 nitrogen and oxygen atoms in total. The van der Waals surface area contributed by atoms with Gasteiger partial charge < -0.3 is 15.8 Å². The zero-order valence-electron chi connectivity index (χ0n) is 19.2. The second kappa shape index (κ2) is 9.61. The number of hydrogen-bond acceptors (Lipinski definition) is 6. The number of nitrogen functional groups attached to an aromatic ring is 1. The summed E-state index contributed by atoms with van der Waals surface area (Å²) >= 11 is 0. The van der Waals surface area contributed by atoms with Gasteiger partial charge in [-0.3, -0.25) is 9.20 Å². The van der Waals surface area contributed by atoms with E-state index < -0.39 is 0 Å². The Labute approximate surface area is 198 Å².